The van der Waals surface area contributed by atoms with E-state index in [1.807, 2.05) is 6.92 Å². The van der Waals surface area contributed by atoms with E-state index < -0.39 is 6.36 Å². The third-order valence-corrected chi connectivity index (χ3v) is 4.32. The Hall–Kier alpha value is -1.47. The number of amides is 1. The van der Waals surface area contributed by atoms with Crippen LogP contribution < -0.4 is 15.4 Å². The average molecular weight is 381 g/mol. The van der Waals surface area contributed by atoms with Crippen LogP contribution >= 0.6 is 12.4 Å². The van der Waals surface area contributed by atoms with Crippen LogP contribution in [0.25, 0.3) is 0 Å². The zero-order valence-corrected chi connectivity index (χ0v) is 14.9. The van der Waals surface area contributed by atoms with E-state index in [1.165, 1.54) is 18.2 Å². The van der Waals surface area contributed by atoms with Gasteiger partial charge in [-0.2, -0.15) is 0 Å². The van der Waals surface area contributed by atoms with Gasteiger partial charge in [-0.3, -0.25) is 4.79 Å². The number of rotatable bonds is 6. The average Bonchev–Trinajstić information content (AvgIpc) is 2.53. The summed E-state index contributed by atoms with van der Waals surface area (Å²) in [6, 6.07) is 5.83. The quantitative estimate of drug-likeness (QED) is 0.792. The molecule has 0 bridgehead atoms. The molecule has 1 aliphatic rings. The van der Waals surface area contributed by atoms with Crippen molar-refractivity contribution in [3.8, 4) is 5.75 Å². The molecule has 2 atom stereocenters. The number of hydrogen-bond acceptors (Lipinski definition) is 3. The van der Waals surface area contributed by atoms with Crippen LogP contribution in [0.15, 0.2) is 24.3 Å². The monoisotopic (exact) mass is 380 g/mol. The number of hydrogen-bond donors (Lipinski definition) is 2. The Morgan fingerprint density at radius 1 is 1.40 bits per heavy atom. The summed E-state index contributed by atoms with van der Waals surface area (Å²) in [7, 11) is 0. The van der Waals surface area contributed by atoms with E-state index in [0.29, 0.717) is 17.9 Å². The van der Waals surface area contributed by atoms with Crippen molar-refractivity contribution in [3.05, 3.63) is 29.8 Å². The van der Waals surface area contributed by atoms with Crippen LogP contribution in [-0.4, -0.2) is 25.4 Å². The van der Waals surface area contributed by atoms with Gasteiger partial charge in [-0.25, -0.2) is 0 Å². The Morgan fingerprint density at radius 3 is 2.76 bits per heavy atom. The smallest absolute Gasteiger partial charge is 0.405 e. The zero-order valence-electron chi connectivity index (χ0n) is 14.1. The molecule has 1 aliphatic heterocycles. The summed E-state index contributed by atoms with van der Waals surface area (Å²) in [6.07, 6.45) is -2.17. The number of alkyl halides is 3. The molecule has 1 aromatic rings. The van der Waals surface area contributed by atoms with E-state index in [2.05, 4.69) is 15.4 Å². The lowest BCUT2D eigenvalue weighted by molar-refractivity contribution is -0.274. The Morgan fingerprint density at radius 2 is 2.12 bits per heavy atom. The first kappa shape index (κ1) is 21.6. The topological polar surface area (TPSA) is 50.4 Å². The molecule has 2 N–H and O–H groups in total. The van der Waals surface area contributed by atoms with Gasteiger partial charge in [0.05, 0.1) is 0 Å². The summed E-state index contributed by atoms with van der Waals surface area (Å²) in [5, 5.41) is 6.01. The third-order valence-electron chi connectivity index (χ3n) is 4.32. The highest BCUT2D eigenvalue weighted by Gasteiger charge is 2.32. The molecule has 2 rings (SSSR count). The molecule has 25 heavy (non-hydrogen) atoms. The number of nitrogens with one attached hydrogen (secondary N) is 2. The van der Waals surface area contributed by atoms with Crippen LogP contribution in [-0.2, 0) is 11.3 Å². The number of benzene rings is 1. The standard InChI is InChI=1S/C17H23F3N2O2.ClH/c1-12(13-6-4-8-21-10-13)9-16(23)22-11-14-5-2-3-7-15(14)24-17(18,19)20;/h2-3,5,7,12-13,21H,4,6,8-11H2,1H3,(H,22,23);1H. The molecule has 0 aliphatic carbocycles. The lowest BCUT2D eigenvalue weighted by Gasteiger charge is -2.28. The molecule has 0 aromatic heterocycles. The van der Waals surface area contributed by atoms with Crippen molar-refractivity contribution < 1.29 is 22.7 Å². The van der Waals surface area contributed by atoms with E-state index >= 15 is 0 Å². The Kier molecular flexibility index (Phi) is 8.52. The zero-order chi connectivity index (χ0) is 17.6. The number of halogens is 4. The van der Waals surface area contributed by atoms with Crippen LogP contribution in [0.4, 0.5) is 13.2 Å². The first-order chi connectivity index (χ1) is 11.3. The SMILES string of the molecule is CC(CC(=O)NCc1ccccc1OC(F)(F)F)C1CCCNC1.Cl. The molecule has 0 radical (unpaired) electrons. The fourth-order valence-corrected chi connectivity index (χ4v) is 2.96. The first-order valence-electron chi connectivity index (χ1n) is 8.16. The molecule has 1 amide bonds. The minimum Gasteiger partial charge on any atom is -0.405 e. The minimum atomic E-state index is -4.75. The summed E-state index contributed by atoms with van der Waals surface area (Å²) >= 11 is 0. The maximum Gasteiger partial charge on any atom is 0.573 e. The number of ether oxygens (including phenoxy) is 1. The summed E-state index contributed by atoms with van der Waals surface area (Å²) in [4.78, 5) is 12.1. The summed E-state index contributed by atoms with van der Waals surface area (Å²) in [5.41, 5.74) is 0.301. The second-order valence-electron chi connectivity index (χ2n) is 6.22. The van der Waals surface area contributed by atoms with Gasteiger partial charge < -0.3 is 15.4 Å². The van der Waals surface area contributed by atoms with Gasteiger partial charge in [-0.05, 0) is 43.8 Å². The molecule has 1 heterocycles. The first-order valence-corrected chi connectivity index (χ1v) is 8.16. The van der Waals surface area contributed by atoms with Crippen molar-refractivity contribution in [2.45, 2.75) is 39.1 Å². The van der Waals surface area contributed by atoms with E-state index in [1.54, 1.807) is 6.07 Å². The minimum absolute atomic E-state index is 0. The van der Waals surface area contributed by atoms with Gasteiger partial charge >= 0.3 is 6.36 Å². The predicted octanol–water partition coefficient (Wildman–Crippen LogP) is 3.65. The molecule has 142 valence electrons. The van der Waals surface area contributed by atoms with Crippen molar-refractivity contribution in [1.29, 1.82) is 0 Å². The maximum atomic E-state index is 12.4. The van der Waals surface area contributed by atoms with Crippen molar-refractivity contribution in [3.63, 3.8) is 0 Å². The van der Waals surface area contributed by atoms with Crippen LogP contribution in [0.3, 0.4) is 0 Å². The number of carbonyl (C=O) groups is 1. The molecular weight excluding hydrogens is 357 g/mol. The van der Waals surface area contributed by atoms with E-state index in [-0.39, 0.29) is 36.5 Å². The maximum absolute atomic E-state index is 12.4. The van der Waals surface area contributed by atoms with Crippen molar-refractivity contribution in [2.75, 3.05) is 13.1 Å². The van der Waals surface area contributed by atoms with Gasteiger partial charge in [0.15, 0.2) is 0 Å². The van der Waals surface area contributed by atoms with E-state index in [4.69, 9.17) is 0 Å². The van der Waals surface area contributed by atoms with Crippen molar-refractivity contribution in [1.82, 2.24) is 10.6 Å². The Bertz CT molecular complexity index is 549. The van der Waals surface area contributed by atoms with Gasteiger partial charge in [-0.1, -0.05) is 25.1 Å². The molecule has 2 unspecified atom stereocenters. The molecule has 1 aromatic carbocycles. The van der Waals surface area contributed by atoms with Gasteiger partial charge in [-0.15, -0.1) is 25.6 Å². The van der Waals surface area contributed by atoms with Crippen LogP contribution in [0.5, 0.6) is 5.75 Å². The molecule has 1 fully saturated rings. The van der Waals surface area contributed by atoms with Crippen molar-refractivity contribution in [2.24, 2.45) is 11.8 Å². The molecule has 1 saturated heterocycles. The van der Waals surface area contributed by atoms with Crippen LogP contribution in [0.1, 0.15) is 31.7 Å². The van der Waals surface area contributed by atoms with E-state index in [0.717, 1.165) is 25.9 Å². The number of carbonyl (C=O) groups excluding carboxylic acids is 1. The van der Waals surface area contributed by atoms with E-state index in [9.17, 15) is 18.0 Å². The lowest BCUT2D eigenvalue weighted by atomic mass is 9.85. The normalized spacial score (nSPS) is 18.8. The third kappa shape index (κ3) is 7.52. The lowest BCUT2D eigenvalue weighted by Crippen LogP contribution is -2.35. The van der Waals surface area contributed by atoms with Crippen LogP contribution in [0.2, 0.25) is 0 Å². The highest BCUT2D eigenvalue weighted by atomic mass is 35.5. The number of para-hydroxylation sites is 1. The van der Waals surface area contributed by atoms with Gasteiger partial charge in [0, 0.05) is 18.5 Å². The summed E-state index contributed by atoms with van der Waals surface area (Å²) < 4.78 is 41.1. The molecule has 4 nitrogen and oxygen atoms in total. The van der Waals surface area contributed by atoms with Gasteiger partial charge in [0.2, 0.25) is 5.91 Å². The van der Waals surface area contributed by atoms with Gasteiger partial charge in [0.1, 0.15) is 5.75 Å². The largest absolute Gasteiger partial charge is 0.573 e. The summed E-state index contributed by atoms with van der Waals surface area (Å²) in [5.74, 6) is 0.259. The summed E-state index contributed by atoms with van der Waals surface area (Å²) in [6.45, 7) is 3.99. The Labute approximate surface area is 151 Å². The highest BCUT2D eigenvalue weighted by Crippen LogP contribution is 2.26. The molecule has 0 saturated carbocycles. The Balaban J connectivity index is 0.00000312. The second kappa shape index (κ2) is 9.87. The molecule has 0 spiro atoms. The predicted molar refractivity (Wildman–Crippen MR) is 91.6 cm³/mol. The van der Waals surface area contributed by atoms with Gasteiger partial charge in [0.25, 0.3) is 0 Å². The molecule has 8 heteroatoms. The number of piperidine rings is 1. The fourth-order valence-electron chi connectivity index (χ4n) is 2.96. The molecular formula is C17H24ClF3N2O2. The highest BCUT2D eigenvalue weighted by molar-refractivity contribution is 5.85. The second-order valence-corrected chi connectivity index (χ2v) is 6.22. The van der Waals surface area contributed by atoms with Crippen molar-refractivity contribution >= 4 is 18.3 Å². The fraction of sp³-hybridized carbons (Fsp3) is 0.588. The van der Waals surface area contributed by atoms with Crippen LogP contribution in [0, 0.1) is 11.8 Å².